The van der Waals surface area contributed by atoms with E-state index in [4.69, 9.17) is 5.73 Å². The molecule has 0 spiro atoms. The van der Waals surface area contributed by atoms with Crippen LogP contribution < -0.4 is 5.73 Å². The van der Waals surface area contributed by atoms with E-state index in [1.165, 1.54) is 11.6 Å². The first-order valence-corrected chi connectivity index (χ1v) is 6.84. The minimum atomic E-state index is -0.148. The van der Waals surface area contributed by atoms with Crippen molar-refractivity contribution in [2.24, 2.45) is 5.73 Å². The van der Waals surface area contributed by atoms with Crippen molar-refractivity contribution in [2.75, 3.05) is 7.05 Å². The number of hydrogen-bond acceptors (Lipinski definition) is 2. The van der Waals surface area contributed by atoms with E-state index in [9.17, 15) is 4.39 Å². The van der Waals surface area contributed by atoms with Gasteiger partial charge in [0, 0.05) is 24.7 Å². The molecule has 2 aromatic carbocycles. The summed E-state index contributed by atoms with van der Waals surface area (Å²) in [5, 5.41) is 0. The molecule has 0 saturated carbocycles. The van der Waals surface area contributed by atoms with Gasteiger partial charge in [0.1, 0.15) is 5.82 Å². The molecule has 0 amide bonds. The molecular formula is C17H21FN2. The summed E-state index contributed by atoms with van der Waals surface area (Å²) < 4.78 is 13.8. The van der Waals surface area contributed by atoms with Gasteiger partial charge in [0.15, 0.2) is 0 Å². The smallest absolute Gasteiger partial charge is 0.127 e. The fourth-order valence-corrected chi connectivity index (χ4v) is 2.26. The summed E-state index contributed by atoms with van der Waals surface area (Å²) in [6, 6.07) is 15.2. The molecule has 2 rings (SSSR count). The standard InChI is InChI=1S/C17H21FN2/c1-13(16-5-3-4-6-17(16)18)20(2)12-15-9-7-14(11-19)8-10-15/h3-10,13H,11-12,19H2,1-2H3. The Bertz CT molecular complexity index is 551. The van der Waals surface area contributed by atoms with Gasteiger partial charge in [-0.2, -0.15) is 0 Å². The zero-order valence-corrected chi connectivity index (χ0v) is 12.0. The summed E-state index contributed by atoms with van der Waals surface area (Å²) in [4.78, 5) is 2.13. The summed E-state index contributed by atoms with van der Waals surface area (Å²) in [6.45, 7) is 3.36. The molecule has 0 aliphatic heterocycles. The van der Waals surface area contributed by atoms with Crippen LogP contribution in [0.1, 0.15) is 29.7 Å². The van der Waals surface area contributed by atoms with Crippen LogP contribution in [0.3, 0.4) is 0 Å². The SMILES string of the molecule is CC(c1ccccc1F)N(C)Cc1ccc(CN)cc1. The van der Waals surface area contributed by atoms with E-state index in [0.29, 0.717) is 6.54 Å². The normalized spacial score (nSPS) is 12.7. The molecule has 0 aliphatic carbocycles. The fourth-order valence-electron chi connectivity index (χ4n) is 2.26. The molecule has 0 heterocycles. The number of nitrogens with zero attached hydrogens (tertiary/aromatic N) is 1. The topological polar surface area (TPSA) is 29.3 Å². The summed E-state index contributed by atoms with van der Waals surface area (Å²) in [5.74, 6) is -0.148. The minimum absolute atomic E-state index is 0.0328. The Kier molecular flexibility index (Phi) is 4.88. The zero-order valence-electron chi connectivity index (χ0n) is 12.0. The van der Waals surface area contributed by atoms with Crippen molar-refractivity contribution in [3.05, 3.63) is 71.0 Å². The molecule has 0 fully saturated rings. The van der Waals surface area contributed by atoms with Gasteiger partial charge in [0.2, 0.25) is 0 Å². The van der Waals surface area contributed by atoms with Gasteiger partial charge in [-0.25, -0.2) is 4.39 Å². The lowest BCUT2D eigenvalue weighted by Gasteiger charge is -2.25. The second-order valence-electron chi connectivity index (χ2n) is 5.13. The number of halogens is 1. The molecule has 0 aromatic heterocycles. The van der Waals surface area contributed by atoms with E-state index in [2.05, 4.69) is 17.0 Å². The van der Waals surface area contributed by atoms with Gasteiger partial charge in [-0.15, -0.1) is 0 Å². The Morgan fingerprint density at radius 2 is 1.65 bits per heavy atom. The zero-order chi connectivity index (χ0) is 14.5. The monoisotopic (exact) mass is 272 g/mol. The van der Waals surface area contributed by atoms with Gasteiger partial charge in [-0.05, 0) is 31.2 Å². The van der Waals surface area contributed by atoms with Crippen LogP contribution in [0.25, 0.3) is 0 Å². The van der Waals surface area contributed by atoms with E-state index in [1.807, 2.05) is 38.2 Å². The summed E-state index contributed by atoms with van der Waals surface area (Å²) in [5.41, 5.74) is 8.65. The van der Waals surface area contributed by atoms with Crippen LogP contribution >= 0.6 is 0 Å². The van der Waals surface area contributed by atoms with Crippen LogP contribution in [0.4, 0.5) is 4.39 Å². The average molecular weight is 272 g/mol. The third-order valence-corrected chi connectivity index (χ3v) is 3.71. The van der Waals surface area contributed by atoms with E-state index in [-0.39, 0.29) is 11.9 Å². The Hall–Kier alpha value is -1.71. The third kappa shape index (κ3) is 3.44. The first-order chi connectivity index (χ1) is 9.61. The van der Waals surface area contributed by atoms with Crippen molar-refractivity contribution < 1.29 is 4.39 Å². The second-order valence-corrected chi connectivity index (χ2v) is 5.13. The number of rotatable bonds is 5. The van der Waals surface area contributed by atoms with Gasteiger partial charge < -0.3 is 5.73 Å². The maximum absolute atomic E-state index is 13.8. The summed E-state index contributed by atoms with van der Waals surface area (Å²) in [7, 11) is 2.01. The van der Waals surface area contributed by atoms with Gasteiger partial charge in [-0.3, -0.25) is 4.90 Å². The predicted molar refractivity (Wildman–Crippen MR) is 80.6 cm³/mol. The average Bonchev–Trinajstić information content (AvgIpc) is 2.48. The molecule has 1 unspecified atom stereocenters. The van der Waals surface area contributed by atoms with E-state index >= 15 is 0 Å². The Morgan fingerprint density at radius 3 is 2.25 bits per heavy atom. The highest BCUT2D eigenvalue weighted by molar-refractivity contribution is 5.24. The van der Waals surface area contributed by atoms with E-state index in [1.54, 1.807) is 6.07 Å². The first kappa shape index (κ1) is 14.7. The highest BCUT2D eigenvalue weighted by Gasteiger charge is 2.15. The molecule has 2 nitrogen and oxygen atoms in total. The van der Waals surface area contributed by atoms with Crippen molar-refractivity contribution in [1.29, 1.82) is 0 Å². The molecule has 106 valence electrons. The minimum Gasteiger partial charge on any atom is -0.326 e. The molecule has 20 heavy (non-hydrogen) atoms. The Balaban J connectivity index is 2.07. The van der Waals surface area contributed by atoms with E-state index in [0.717, 1.165) is 17.7 Å². The van der Waals surface area contributed by atoms with Crippen LogP contribution in [0.15, 0.2) is 48.5 Å². The number of hydrogen-bond donors (Lipinski definition) is 1. The molecule has 0 aliphatic rings. The fraction of sp³-hybridized carbons (Fsp3) is 0.294. The van der Waals surface area contributed by atoms with Crippen LogP contribution in [-0.4, -0.2) is 11.9 Å². The number of benzene rings is 2. The highest BCUT2D eigenvalue weighted by atomic mass is 19.1. The molecule has 2 N–H and O–H groups in total. The number of nitrogens with two attached hydrogens (primary N) is 1. The largest absolute Gasteiger partial charge is 0.326 e. The van der Waals surface area contributed by atoms with Crippen molar-refractivity contribution in [3.63, 3.8) is 0 Å². The van der Waals surface area contributed by atoms with Gasteiger partial charge in [-0.1, -0.05) is 42.5 Å². The lowest BCUT2D eigenvalue weighted by Crippen LogP contribution is -2.22. The van der Waals surface area contributed by atoms with Crippen molar-refractivity contribution in [2.45, 2.75) is 26.1 Å². The summed E-state index contributed by atoms with van der Waals surface area (Å²) >= 11 is 0. The Morgan fingerprint density at radius 1 is 1.05 bits per heavy atom. The van der Waals surface area contributed by atoms with E-state index < -0.39 is 0 Å². The van der Waals surface area contributed by atoms with Crippen LogP contribution in [0.5, 0.6) is 0 Å². The predicted octanol–water partition coefficient (Wildman–Crippen LogP) is 3.48. The van der Waals surface area contributed by atoms with Crippen molar-refractivity contribution in [3.8, 4) is 0 Å². The molecule has 0 bridgehead atoms. The molecular weight excluding hydrogens is 251 g/mol. The third-order valence-electron chi connectivity index (χ3n) is 3.71. The summed E-state index contributed by atoms with van der Waals surface area (Å²) in [6.07, 6.45) is 0. The van der Waals surface area contributed by atoms with Crippen LogP contribution in [-0.2, 0) is 13.1 Å². The lowest BCUT2D eigenvalue weighted by molar-refractivity contribution is 0.248. The molecule has 3 heteroatoms. The second kappa shape index (κ2) is 6.64. The molecule has 1 atom stereocenters. The lowest BCUT2D eigenvalue weighted by atomic mass is 10.1. The maximum atomic E-state index is 13.8. The quantitative estimate of drug-likeness (QED) is 0.903. The maximum Gasteiger partial charge on any atom is 0.127 e. The molecule has 0 saturated heterocycles. The van der Waals surface area contributed by atoms with Gasteiger partial charge in [0.05, 0.1) is 0 Å². The highest BCUT2D eigenvalue weighted by Crippen LogP contribution is 2.23. The Labute approximate surface area is 120 Å². The van der Waals surface area contributed by atoms with Gasteiger partial charge in [0.25, 0.3) is 0 Å². The van der Waals surface area contributed by atoms with Crippen LogP contribution in [0, 0.1) is 5.82 Å². The van der Waals surface area contributed by atoms with Crippen molar-refractivity contribution in [1.82, 2.24) is 4.90 Å². The molecule has 2 aromatic rings. The first-order valence-electron chi connectivity index (χ1n) is 6.84. The van der Waals surface area contributed by atoms with Gasteiger partial charge >= 0.3 is 0 Å². The van der Waals surface area contributed by atoms with Crippen molar-refractivity contribution >= 4 is 0 Å². The molecule has 0 radical (unpaired) electrons. The van der Waals surface area contributed by atoms with Crippen LogP contribution in [0.2, 0.25) is 0 Å².